The van der Waals surface area contributed by atoms with E-state index in [2.05, 4.69) is 229 Å². The number of benzene rings is 11. The van der Waals surface area contributed by atoms with Crippen LogP contribution in [-0.4, -0.2) is 9.55 Å². The van der Waals surface area contributed by atoms with Gasteiger partial charge in [0.15, 0.2) is 0 Å². The second-order valence-electron chi connectivity index (χ2n) is 16.5. The lowest BCUT2D eigenvalue weighted by Gasteiger charge is -2.21. The molecule has 2 nitrogen and oxygen atoms in total. The molecule has 2 heterocycles. The van der Waals surface area contributed by atoms with Crippen molar-refractivity contribution < 1.29 is 0 Å². The molecule has 0 unspecified atom stereocenters. The van der Waals surface area contributed by atoms with Gasteiger partial charge in [-0.05, 0) is 123 Å². The first-order valence-electron chi connectivity index (χ1n) is 21.7. The van der Waals surface area contributed by atoms with Crippen molar-refractivity contribution in [1.29, 1.82) is 0 Å². The minimum Gasteiger partial charge on any atom is -0.293 e. The molecule has 0 saturated carbocycles. The van der Waals surface area contributed by atoms with Crippen LogP contribution in [0, 0.1) is 0 Å². The summed E-state index contributed by atoms with van der Waals surface area (Å²) in [5, 5.41) is 14.7. The Morgan fingerprint density at radius 3 is 1.41 bits per heavy atom. The highest BCUT2D eigenvalue weighted by Gasteiger charge is 2.24. The van der Waals surface area contributed by atoms with Crippen LogP contribution >= 0.6 is 0 Å². The van der Waals surface area contributed by atoms with E-state index in [-0.39, 0.29) is 0 Å². The number of pyridine rings is 1. The first-order chi connectivity index (χ1) is 31.3. The van der Waals surface area contributed by atoms with E-state index in [0.717, 1.165) is 22.2 Å². The maximum absolute atomic E-state index is 5.15. The molecule has 0 aliphatic heterocycles. The highest BCUT2D eigenvalue weighted by Crippen LogP contribution is 2.50. The van der Waals surface area contributed by atoms with Gasteiger partial charge >= 0.3 is 0 Å². The van der Waals surface area contributed by atoms with Crippen molar-refractivity contribution in [2.45, 2.75) is 0 Å². The Balaban J connectivity index is 1.11. The fourth-order valence-corrected chi connectivity index (χ4v) is 10.6. The maximum atomic E-state index is 5.15. The Labute approximate surface area is 364 Å². The summed E-state index contributed by atoms with van der Waals surface area (Å²) < 4.78 is 2.39. The van der Waals surface area contributed by atoms with Gasteiger partial charge in [-0.25, -0.2) is 4.98 Å². The van der Waals surface area contributed by atoms with Crippen molar-refractivity contribution in [1.82, 2.24) is 9.55 Å². The standard InChI is InChI=1S/C61H38N2/c1-3-18-39(19-4-1)45-33-36-55-60(56(45)40-20-5-2-6-21-40)53-32-17-37-62-61(53)63(55)54-35-34-52(46-26-11-12-27-47(46)54)57-48-28-13-15-30-50(48)59(51-31-16-14-29-49(51)57)58-43-24-9-7-22-41(43)38-42-23-8-10-25-44(42)58/h1-38H. The number of fused-ring (bicyclic) bond motifs is 8. The summed E-state index contributed by atoms with van der Waals surface area (Å²) in [4.78, 5) is 5.15. The van der Waals surface area contributed by atoms with Gasteiger partial charge in [-0.15, -0.1) is 0 Å². The zero-order valence-electron chi connectivity index (χ0n) is 34.3. The fraction of sp³-hybridized carbons (Fsp3) is 0. The summed E-state index contributed by atoms with van der Waals surface area (Å²) in [6.07, 6.45) is 1.92. The van der Waals surface area contributed by atoms with Crippen LogP contribution in [0.15, 0.2) is 231 Å². The van der Waals surface area contributed by atoms with Gasteiger partial charge in [0.1, 0.15) is 5.65 Å². The van der Waals surface area contributed by atoms with Crippen LogP contribution in [-0.2, 0) is 0 Å². The molecule has 0 fully saturated rings. The molecular weight excluding hydrogens is 761 g/mol. The van der Waals surface area contributed by atoms with Crippen LogP contribution in [0.25, 0.3) is 126 Å². The van der Waals surface area contributed by atoms with Crippen LogP contribution in [0.5, 0.6) is 0 Å². The molecular formula is C61H38N2. The minimum absolute atomic E-state index is 0.940. The predicted molar refractivity (Wildman–Crippen MR) is 268 cm³/mol. The van der Waals surface area contributed by atoms with Gasteiger partial charge in [0.05, 0.1) is 11.2 Å². The van der Waals surface area contributed by atoms with Gasteiger partial charge in [-0.3, -0.25) is 4.57 Å². The third kappa shape index (κ3) is 5.35. The first-order valence-corrected chi connectivity index (χ1v) is 21.7. The molecule has 11 aromatic carbocycles. The predicted octanol–water partition coefficient (Wildman–Crippen LogP) is 16.6. The Kier molecular flexibility index (Phi) is 7.94. The van der Waals surface area contributed by atoms with E-state index >= 15 is 0 Å². The molecule has 0 N–H and O–H groups in total. The summed E-state index contributed by atoms with van der Waals surface area (Å²) in [7, 11) is 0. The number of hydrogen-bond acceptors (Lipinski definition) is 1. The molecule has 0 radical (unpaired) electrons. The van der Waals surface area contributed by atoms with E-state index < -0.39 is 0 Å². The summed E-state index contributed by atoms with van der Waals surface area (Å²) in [6.45, 7) is 0. The van der Waals surface area contributed by atoms with E-state index in [9.17, 15) is 0 Å². The third-order valence-electron chi connectivity index (χ3n) is 13.2. The van der Waals surface area contributed by atoms with Gasteiger partial charge in [-0.1, -0.05) is 194 Å². The van der Waals surface area contributed by atoms with Crippen LogP contribution in [0.3, 0.4) is 0 Å². The lowest BCUT2D eigenvalue weighted by Crippen LogP contribution is -1.98. The van der Waals surface area contributed by atoms with Crippen molar-refractivity contribution >= 4 is 75.8 Å². The topological polar surface area (TPSA) is 17.8 Å². The van der Waals surface area contributed by atoms with Crippen molar-refractivity contribution in [3.8, 4) is 50.2 Å². The molecule has 0 saturated heterocycles. The average Bonchev–Trinajstić information content (AvgIpc) is 3.69. The normalized spacial score (nSPS) is 11.8. The smallest absolute Gasteiger partial charge is 0.145 e. The quantitative estimate of drug-likeness (QED) is 0.159. The minimum atomic E-state index is 0.940. The summed E-state index contributed by atoms with van der Waals surface area (Å²) >= 11 is 0. The average molecular weight is 799 g/mol. The molecule has 2 heteroatoms. The van der Waals surface area contributed by atoms with E-state index in [1.54, 1.807) is 0 Å². The number of hydrogen-bond donors (Lipinski definition) is 0. The lowest BCUT2D eigenvalue weighted by molar-refractivity contribution is 1.15. The second-order valence-corrected chi connectivity index (χ2v) is 16.5. The molecule has 0 aliphatic carbocycles. The van der Waals surface area contributed by atoms with Crippen molar-refractivity contribution in [3.63, 3.8) is 0 Å². The van der Waals surface area contributed by atoms with E-state index in [1.807, 2.05) is 6.20 Å². The Bertz CT molecular complexity index is 3840. The second kappa shape index (κ2) is 14.1. The van der Waals surface area contributed by atoms with Gasteiger partial charge in [0.2, 0.25) is 0 Å². The van der Waals surface area contributed by atoms with E-state index in [4.69, 9.17) is 4.98 Å². The van der Waals surface area contributed by atoms with Crippen LogP contribution in [0.1, 0.15) is 0 Å². The Hall–Kier alpha value is -8.33. The Morgan fingerprint density at radius 1 is 0.302 bits per heavy atom. The molecule has 63 heavy (non-hydrogen) atoms. The van der Waals surface area contributed by atoms with Gasteiger partial charge in [0, 0.05) is 22.4 Å². The summed E-state index contributed by atoms with van der Waals surface area (Å²) in [6, 6.07) is 82.2. The Morgan fingerprint density at radius 2 is 0.778 bits per heavy atom. The lowest BCUT2D eigenvalue weighted by atomic mass is 9.82. The monoisotopic (exact) mass is 798 g/mol. The third-order valence-corrected chi connectivity index (χ3v) is 13.2. The summed E-state index contributed by atoms with van der Waals surface area (Å²) in [5.74, 6) is 0. The zero-order valence-corrected chi connectivity index (χ0v) is 34.3. The molecule has 2 aromatic heterocycles. The highest BCUT2D eigenvalue weighted by atomic mass is 15.0. The van der Waals surface area contributed by atoms with E-state index in [0.29, 0.717) is 0 Å². The molecule has 0 bridgehead atoms. The summed E-state index contributed by atoms with van der Waals surface area (Å²) in [5.41, 5.74) is 13.0. The molecule has 13 aromatic rings. The zero-order chi connectivity index (χ0) is 41.4. The highest BCUT2D eigenvalue weighted by molar-refractivity contribution is 6.29. The molecule has 0 amide bonds. The molecule has 0 spiro atoms. The first kappa shape index (κ1) is 35.4. The van der Waals surface area contributed by atoms with Gasteiger partial charge < -0.3 is 0 Å². The fourth-order valence-electron chi connectivity index (χ4n) is 10.6. The van der Waals surface area contributed by atoms with E-state index in [1.165, 1.54) is 104 Å². The van der Waals surface area contributed by atoms with Crippen molar-refractivity contribution in [2.75, 3.05) is 0 Å². The van der Waals surface area contributed by atoms with Crippen molar-refractivity contribution in [2.24, 2.45) is 0 Å². The van der Waals surface area contributed by atoms with Crippen molar-refractivity contribution in [3.05, 3.63) is 231 Å². The molecule has 13 rings (SSSR count). The molecule has 292 valence electrons. The number of aromatic nitrogens is 2. The van der Waals surface area contributed by atoms with Gasteiger partial charge in [0.25, 0.3) is 0 Å². The molecule has 0 aliphatic rings. The SMILES string of the molecule is c1ccc(-c2ccc3c(c2-c2ccccc2)c2cccnc2n3-c2ccc(-c3c4ccccc4c(-c4c5ccccc5cc5ccccc45)c4ccccc34)c3ccccc23)cc1. The maximum Gasteiger partial charge on any atom is 0.145 e. The van der Waals surface area contributed by atoms with Crippen LogP contribution in [0.4, 0.5) is 0 Å². The largest absolute Gasteiger partial charge is 0.293 e. The molecule has 0 atom stereocenters. The number of rotatable bonds is 5. The van der Waals surface area contributed by atoms with Crippen LogP contribution < -0.4 is 0 Å². The van der Waals surface area contributed by atoms with Gasteiger partial charge in [-0.2, -0.15) is 0 Å². The van der Waals surface area contributed by atoms with Crippen LogP contribution in [0.2, 0.25) is 0 Å². The number of nitrogens with zero attached hydrogens (tertiary/aromatic N) is 2.